The van der Waals surface area contributed by atoms with Crippen LogP contribution in [0.4, 0.5) is 0 Å². The Morgan fingerprint density at radius 1 is 0.844 bits per heavy atom. The maximum Gasteiger partial charge on any atom is 0.243 e. The van der Waals surface area contributed by atoms with Crippen LogP contribution in [0.2, 0.25) is 0 Å². The molecule has 2 aliphatic rings. The molecule has 1 heterocycles. The molecule has 3 aromatic rings. The fourth-order valence-electron chi connectivity index (χ4n) is 5.10. The quantitative estimate of drug-likeness (QED) is 0.533. The summed E-state index contributed by atoms with van der Waals surface area (Å²) in [7, 11) is -3.63. The van der Waals surface area contributed by atoms with Crippen LogP contribution in [0.1, 0.15) is 52.9 Å². The molecule has 0 aromatic heterocycles. The van der Waals surface area contributed by atoms with E-state index in [9.17, 15) is 13.2 Å². The van der Waals surface area contributed by atoms with Gasteiger partial charge in [-0.15, -0.1) is 0 Å². The number of Topliss-reactive ketones (excluding diaryl/α,β-unsaturated/α-hetero) is 1. The number of carbonyl (C=O) groups is 1. The highest BCUT2D eigenvalue weighted by Crippen LogP contribution is 2.44. The van der Waals surface area contributed by atoms with E-state index in [0.717, 1.165) is 45.4 Å². The van der Waals surface area contributed by atoms with Gasteiger partial charge in [0.25, 0.3) is 0 Å². The molecule has 1 aliphatic carbocycles. The van der Waals surface area contributed by atoms with Crippen LogP contribution in [-0.4, -0.2) is 18.5 Å². The number of carbonyl (C=O) groups excluding carboxylic acids is 1. The topological polar surface area (TPSA) is 54.5 Å². The molecule has 1 aliphatic heterocycles. The maximum atomic E-state index is 13.4. The van der Waals surface area contributed by atoms with E-state index in [1.54, 1.807) is 12.1 Å². The van der Waals surface area contributed by atoms with E-state index in [1.165, 1.54) is 4.31 Å². The lowest BCUT2D eigenvalue weighted by Gasteiger charge is -2.32. The van der Waals surface area contributed by atoms with Gasteiger partial charge in [0, 0.05) is 25.1 Å². The van der Waals surface area contributed by atoms with Crippen LogP contribution in [0.15, 0.2) is 65.6 Å². The highest BCUT2D eigenvalue weighted by molar-refractivity contribution is 7.89. The van der Waals surface area contributed by atoms with E-state index in [1.807, 2.05) is 49.4 Å². The molecular formula is C27H27NO3S. The number of rotatable bonds is 3. The van der Waals surface area contributed by atoms with Crippen molar-refractivity contribution in [2.75, 3.05) is 0 Å². The molecule has 0 saturated carbocycles. The normalized spacial score (nSPS) is 17.8. The fourth-order valence-corrected chi connectivity index (χ4v) is 6.48. The molecule has 164 valence electrons. The Labute approximate surface area is 190 Å². The van der Waals surface area contributed by atoms with Gasteiger partial charge in [0.05, 0.1) is 4.90 Å². The molecule has 32 heavy (non-hydrogen) atoms. The molecule has 0 N–H and O–H groups in total. The zero-order chi connectivity index (χ0) is 22.7. The minimum Gasteiger partial charge on any atom is -0.294 e. The first-order valence-electron chi connectivity index (χ1n) is 11.0. The summed E-state index contributed by atoms with van der Waals surface area (Å²) in [4.78, 5) is 13.6. The van der Waals surface area contributed by atoms with Crippen molar-refractivity contribution in [2.24, 2.45) is 5.41 Å². The van der Waals surface area contributed by atoms with E-state index < -0.39 is 10.0 Å². The van der Waals surface area contributed by atoms with Gasteiger partial charge < -0.3 is 0 Å². The number of sulfonamides is 1. The highest BCUT2D eigenvalue weighted by atomic mass is 32.2. The van der Waals surface area contributed by atoms with Crippen molar-refractivity contribution in [1.82, 2.24) is 4.31 Å². The predicted octanol–water partition coefficient (Wildman–Crippen LogP) is 5.52. The van der Waals surface area contributed by atoms with Gasteiger partial charge in [-0.05, 0) is 58.7 Å². The van der Waals surface area contributed by atoms with E-state index >= 15 is 0 Å². The molecule has 0 radical (unpaired) electrons. The maximum absolute atomic E-state index is 13.4. The van der Waals surface area contributed by atoms with Crippen LogP contribution < -0.4 is 0 Å². The SMILES string of the molecule is Cc1ccc(S(=O)(=O)N2Cc3cc4c(c(-c5ccccc5)c3C2)C(=O)CC(C)(C)C4)cc1. The zero-order valence-corrected chi connectivity index (χ0v) is 19.5. The minimum atomic E-state index is -3.63. The van der Waals surface area contributed by atoms with Crippen molar-refractivity contribution < 1.29 is 13.2 Å². The van der Waals surface area contributed by atoms with Crippen molar-refractivity contribution in [3.63, 3.8) is 0 Å². The third-order valence-electron chi connectivity index (χ3n) is 6.60. The van der Waals surface area contributed by atoms with Gasteiger partial charge in [-0.3, -0.25) is 4.79 Å². The molecule has 5 heteroatoms. The largest absolute Gasteiger partial charge is 0.294 e. The summed E-state index contributed by atoms with van der Waals surface area (Å²) in [6, 6.07) is 19.0. The number of benzene rings is 3. The smallest absolute Gasteiger partial charge is 0.243 e. The molecule has 0 saturated heterocycles. The Morgan fingerprint density at radius 3 is 2.22 bits per heavy atom. The molecule has 0 atom stereocenters. The Kier molecular flexibility index (Phi) is 4.88. The molecular weight excluding hydrogens is 418 g/mol. The van der Waals surface area contributed by atoms with Crippen molar-refractivity contribution in [3.8, 4) is 11.1 Å². The first kappa shape index (κ1) is 21.1. The minimum absolute atomic E-state index is 0.0987. The molecule has 0 amide bonds. The van der Waals surface area contributed by atoms with Crippen LogP contribution >= 0.6 is 0 Å². The molecule has 5 rings (SSSR count). The Morgan fingerprint density at radius 2 is 1.53 bits per heavy atom. The number of hydrogen-bond acceptors (Lipinski definition) is 3. The molecule has 4 nitrogen and oxygen atoms in total. The van der Waals surface area contributed by atoms with Gasteiger partial charge in [0.15, 0.2) is 5.78 Å². The first-order chi connectivity index (χ1) is 15.2. The molecule has 3 aromatic carbocycles. The lowest BCUT2D eigenvalue weighted by atomic mass is 9.71. The third kappa shape index (κ3) is 3.50. The molecule has 0 spiro atoms. The van der Waals surface area contributed by atoms with Crippen LogP contribution in [0.25, 0.3) is 11.1 Å². The van der Waals surface area contributed by atoms with Gasteiger partial charge in [-0.2, -0.15) is 4.31 Å². The number of hydrogen-bond donors (Lipinski definition) is 0. The predicted molar refractivity (Wildman–Crippen MR) is 126 cm³/mol. The number of nitrogens with zero attached hydrogens (tertiary/aromatic N) is 1. The van der Waals surface area contributed by atoms with E-state index in [2.05, 4.69) is 19.9 Å². The van der Waals surface area contributed by atoms with Gasteiger partial charge in [0.1, 0.15) is 0 Å². The Balaban J connectivity index is 1.66. The molecule has 0 bridgehead atoms. The number of fused-ring (bicyclic) bond motifs is 2. The van der Waals surface area contributed by atoms with Crippen LogP contribution in [0.5, 0.6) is 0 Å². The van der Waals surface area contributed by atoms with Crippen molar-refractivity contribution >= 4 is 15.8 Å². The second kappa shape index (κ2) is 7.39. The van der Waals surface area contributed by atoms with Crippen molar-refractivity contribution in [1.29, 1.82) is 0 Å². The number of aryl methyl sites for hydroxylation is 1. The van der Waals surface area contributed by atoms with E-state index in [-0.39, 0.29) is 17.7 Å². The summed E-state index contributed by atoms with van der Waals surface area (Å²) < 4.78 is 28.4. The second-order valence-corrected chi connectivity index (χ2v) is 11.8. The van der Waals surface area contributed by atoms with Crippen LogP contribution in [-0.2, 0) is 29.5 Å². The van der Waals surface area contributed by atoms with Gasteiger partial charge in [-0.1, -0.05) is 67.9 Å². The van der Waals surface area contributed by atoms with Crippen molar-refractivity contribution in [2.45, 2.75) is 51.6 Å². The molecule has 0 unspecified atom stereocenters. The highest BCUT2D eigenvalue weighted by Gasteiger charge is 2.38. The summed E-state index contributed by atoms with van der Waals surface area (Å²) >= 11 is 0. The summed E-state index contributed by atoms with van der Waals surface area (Å²) in [6.45, 7) is 6.79. The fraction of sp³-hybridized carbons (Fsp3) is 0.296. The Hall–Kier alpha value is -2.76. The molecule has 0 fully saturated rings. The average molecular weight is 446 g/mol. The van der Waals surface area contributed by atoms with Gasteiger partial charge >= 0.3 is 0 Å². The lowest BCUT2D eigenvalue weighted by Crippen LogP contribution is -2.28. The average Bonchev–Trinajstić information content (AvgIpc) is 3.17. The summed E-state index contributed by atoms with van der Waals surface area (Å²) in [6.07, 6.45) is 1.32. The standard InChI is InChI=1S/C27H27NO3S/c1-18-9-11-22(12-10-18)32(30,31)28-16-21-13-20-14-27(2,3)15-24(29)26(20)25(23(21)17-28)19-7-5-4-6-8-19/h4-13H,14-17H2,1-3H3. The summed E-state index contributed by atoms with van der Waals surface area (Å²) in [5.74, 6) is 0.151. The van der Waals surface area contributed by atoms with Crippen LogP contribution in [0.3, 0.4) is 0 Å². The zero-order valence-electron chi connectivity index (χ0n) is 18.7. The Bertz CT molecular complexity index is 1320. The first-order valence-corrected chi connectivity index (χ1v) is 12.4. The summed E-state index contributed by atoms with van der Waals surface area (Å²) in [5.41, 5.74) is 6.60. The van der Waals surface area contributed by atoms with Crippen LogP contribution in [0, 0.1) is 12.3 Å². The van der Waals surface area contributed by atoms with E-state index in [4.69, 9.17) is 0 Å². The monoisotopic (exact) mass is 445 g/mol. The second-order valence-electron chi connectivity index (χ2n) is 9.82. The lowest BCUT2D eigenvalue weighted by molar-refractivity contribution is 0.0913. The van der Waals surface area contributed by atoms with E-state index in [0.29, 0.717) is 17.9 Å². The van der Waals surface area contributed by atoms with Gasteiger partial charge in [0.2, 0.25) is 10.0 Å². The third-order valence-corrected chi connectivity index (χ3v) is 8.40. The van der Waals surface area contributed by atoms with Gasteiger partial charge in [-0.25, -0.2) is 8.42 Å². The van der Waals surface area contributed by atoms with Crippen molar-refractivity contribution in [3.05, 3.63) is 88.5 Å². The number of ketones is 1. The summed E-state index contributed by atoms with van der Waals surface area (Å²) in [5, 5.41) is 0.